The molecule has 88 valence electrons. The molecule has 0 aromatic carbocycles. The molecule has 0 unspecified atom stereocenters. The van der Waals surface area contributed by atoms with Crippen molar-refractivity contribution >= 4 is 15.8 Å². The molecule has 5 nitrogen and oxygen atoms in total. The van der Waals surface area contributed by atoms with E-state index in [1.807, 2.05) is 12.1 Å². The van der Waals surface area contributed by atoms with E-state index in [-0.39, 0.29) is 11.5 Å². The minimum absolute atomic E-state index is 0.0664. The average molecular weight is 242 g/mol. The van der Waals surface area contributed by atoms with Crippen LogP contribution in [-0.4, -0.2) is 19.9 Å². The summed E-state index contributed by atoms with van der Waals surface area (Å²) in [6.45, 7) is 1.46. The molecule has 0 spiro atoms. The normalized spacial score (nSPS) is 17.5. The second-order valence-electron chi connectivity index (χ2n) is 3.45. The summed E-state index contributed by atoms with van der Waals surface area (Å²) in [7, 11) is -3.63. The van der Waals surface area contributed by atoms with Gasteiger partial charge < -0.3 is 0 Å². The van der Waals surface area contributed by atoms with Crippen LogP contribution in [0.3, 0.4) is 0 Å². The molecule has 0 amide bonds. The summed E-state index contributed by atoms with van der Waals surface area (Å²) < 4.78 is 26.5. The molecule has 0 saturated carbocycles. The Labute approximate surface area is 95.5 Å². The van der Waals surface area contributed by atoms with E-state index in [2.05, 4.69) is 9.44 Å². The summed E-state index contributed by atoms with van der Waals surface area (Å²) in [5, 5.41) is 12.3. The zero-order valence-electron chi connectivity index (χ0n) is 9.14. The Balaban J connectivity index is 2.79. The van der Waals surface area contributed by atoms with Crippen molar-refractivity contribution in [3.05, 3.63) is 11.6 Å². The Morgan fingerprint density at radius 3 is 2.88 bits per heavy atom. The lowest BCUT2D eigenvalue weighted by Crippen LogP contribution is -2.09. The van der Waals surface area contributed by atoms with E-state index < -0.39 is 10.1 Å². The van der Waals surface area contributed by atoms with Crippen molar-refractivity contribution in [2.24, 2.45) is 5.16 Å². The van der Waals surface area contributed by atoms with Crippen molar-refractivity contribution < 1.29 is 12.7 Å². The third-order valence-electron chi connectivity index (χ3n) is 2.30. The molecule has 0 aromatic heterocycles. The van der Waals surface area contributed by atoms with Gasteiger partial charge in [0.25, 0.3) is 0 Å². The van der Waals surface area contributed by atoms with Gasteiger partial charge in [0, 0.05) is 0 Å². The van der Waals surface area contributed by atoms with Gasteiger partial charge in [-0.05, 0) is 38.2 Å². The summed E-state index contributed by atoms with van der Waals surface area (Å²) in [4.78, 5) is 0. The molecule has 0 N–H and O–H groups in total. The molecule has 0 atom stereocenters. The average Bonchev–Trinajstić information content (AvgIpc) is 2.31. The zero-order valence-corrected chi connectivity index (χ0v) is 9.96. The Morgan fingerprint density at radius 1 is 1.62 bits per heavy atom. The molecule has 1 aliphatic carbocycles. The third-order valence-corrected chi connectivity index (χ3v) is 3.31. The van der Waals surface area contributed by atoms with E-state index in [9.17, 15) is 8.42 Å². The van der Waals surface area contributed by atoms with Crippen molar-refractivity contribution in [3.8, 4) is 6.07 Å². The van der Waals surface area contributed by atoms with Crippen LogP contribution in [-0.2, 0) is 14.4 Å². The lowest BCUT2D eigenvalue weighted by molar-refractivity contribution is 0.340. The molecule has 0 bridgehead atoms. The first-order valence-electron chi connectivity index (χ1n) is 5.18. The Morgan fingerprint density at radius 2 is 2.38 bits per heavy atom. The van der Waals surface area contributed by atoms with Crippen LogP contribution in [0.15, 0.2) is 16.8 Å². The minimum Gasteiger partial charge on any atom is -0.267 e. The van der Waals surface area contributed by atoms with Crippen LogP contribution >= 0.6 is 0 Å². The smallest absolute Gasteiger partial charge is 0.267 e. The molecular formula is C10H14N2O3S. The number of hydrogen-bond acceptors (Lipinski definition) is 5. The van der Waals surface area contributed by atoms with Crippen LogP contribution in [0, 0.1) is 11.3 Å². The van der Waals surface area contributed by atoms with Crippen molar-refractivity contribution in [1.82, 2.24) is 0 Å². The number of nitriles is 1. The molecule has 16 heavy (non-hydrogen) atoms. The summed E-state index contributed by atoms with van der Waals surface area (Å²) in [5.74, 6) is -0.158. The summed E-state index contributed by atoms with van der Waals surface area (Å²) >= 11 is 0. The molecule has 6 heteroatoms. The molecule has 1 aliphatic rings. The van der Waals surface area contributed by atoms with Crippen LogP contribution in [0.4, 0.5) is 0 Å². The molecule has 0 radical (unpaired) electrons. The number of rotatable bonds is 4. The summed E-state index contributed by atoms with van der Waals surface area (Å²) in [6, 6.07) is 1.86. The fourth-order valence-electron chi connectivity index (χ4n) is 1.35. The van der Waals surface area contributed by atoms with E-state index >= 15 is 0 Å². The Bertz CT molecular complexity index is 443. The van der Waals surface area contributed by atoms with Gasteiger partial charge in [-0.15, -0.1) is 0 Å². The predicted octanol–water partition coefficient (Wildman–Crippen LogP) is 1.73. The van der Waals surface area contributed by atoms with E-state index in [4.69, 9.17) is 5.26 Å². The van der Waals surface area contributed by atoms with Crippen molar-refractivity contribution in [1.29, 1.82) is 5.26 Å². The molecule has 0 saturated heterocycles. The van der Waals surface area contributed by atoms with Gasteiger partial charge in [-0.3, -0.25) is 4.28 Å². The van der Waals surface area contributed by atoms with Gasteiger partial charge in [0.2, 0.25) is 0 Å². The van der Waals surface area contributed by atoms with Gasteiger partial charge in [-0.25, -0.2) is 0 Å². The van der Waals surface area contributed by atoms with E-state index in [1.165, 1.54) is 6.92 Å². The molecule has 0 heterocycles. The maximum absolute atomic E-state index is 11.0. The molecule has 0 aliphatic heterocycles. The first-order chi connectivity index (χ1) is 7.59. The van der Waals surface area contributed by atoms with Gasteiger partial charge in [0.05, 0.1) is 5.75 Å². The van der Waals surface area contributed by atoms with E-state index in [0.717, 1.165) is 31.3 Å². The SMILES string of the molecule is CCS(=O)(=O)ON=C(C#N)C1=CCCCC1. The van der Waals surface area contributed by atoms with E-state index in [0.29, 0.717) is 0 Å². The lowest BCUT2D eigenvalue weighted by atomic mass is 9.97. The fourth-order valence-corrected chi connectivity index (χ4v) is 1.64. The molecule has 0 fully saturated rings. The largest absolute Gasteiger partial charge is 0.328 e. The van der Waals surface area contributed by atoms with E-state index in [1.54, 1.807) is 0 Å². The highest BCUT2D eigenvalue weighted by atomic mass is 32.2. The summed E-state index contributed by atoms with van der Waals surface area (Å²) in [6.07, 6.45) is 5.65. The Hall–Kier alpha value is -1.35. The van der Waals surface area contributed by atoms with Gasteiger partial charge in [0.1, 0.15) is 6.07 Å². The Kier molecular flexibility index (Phi) is 4.50. The van der Waals surface area contributed by atoms with Gasteiger partial charge in [-0.2, -0.15) is 13.7 Å². The van der Waals surface area contributed by atoms with Crippen LogP contribution in [0.25, 0.3) is 0 Å². The van der Waals surface area contributed by atoms with Crippen LogP contribution in [0.1, 0.15) is 32.6 Å². The minimum atomic E-state index is -3.63. The van der Waals surface area contributed by atoms with Crippen molar-refractivity contribution in [3.63, 3.8) is 0 Å². The zero-order chi connectivity index (χ0) is 12.0. The van der Waals surface area contributed by atoms with Gasteiger partial charge >= 0.3 is 10.1 Å². The number of nitrogens with zero attached hydrogens (tertiary/aromatic N) is 2. The highest BCUT2D eigenvalue weighted by molar-refractivity contribution is 7.86. The maximum atomic E-state index is 11.0. The second kappa shape index (κ2) is 5.66. The first kappa shape index (κ1) is 12.7. The van der Waals surface area contributed by atoms with Crippen LogP contribution in [0.2, 0.25) is 0 Å². The maximum Gasteiger partial charge on any atom is 0.328 e. The van der Waals surface area contributed by atoms with Crippen LogP contribution < -0.4 is 0 Å². The first-order valence-corrected chi connectivity index (χ1v) is 6.75. The number of hydrogen-bond donors (Lipinski definition) is 0. The third kappa shape index (κ3) is 3.66. The van der Waals surface area contributed by atoms with Crippen molar-refractivity contribution in [2.45, 2.75) is 32.6 Å². The quantitative estimate of drug-likeness (QED) is 0.555. The highest BCUT2D eigenvalue weighted by Gasteiger charge is 2.13. The lowest BCUT2D eigenvalue weighted by Gasteiger charge is -2.09. The molecule has 1 rings (SSSR count). The number of allylic oxidation sites excluding steroid dienone is 2. The second-order valence-corrected chi connectivity index (χ2v) is 5.29. The fraction of sp³-hybridized carbons (Fsp3) is 0.600. The summed E-state index contributed by atoms with van der Waals surface area (Å²) in [5.41, 5.74) is 0.844. The number of oxime groups is 1. The molecule has 0 aromatic rings. The van der Waals surface area contributed by atoms with Crippen molar-refractivity contribution in [2.75, 3.05) is 5.75 Å². The van der Waals surface area contributed by atoms with Crippen LogP contribution in [0.5, 0.6) is 0 Å². The van der Waals surface area contributed by atoms with Gasteiger partial charge in [0.15, 0.2) is 5.71 Å². The standard InChI is InChI=1S/C10H14N2O3S/c1-2-16(13,14)15-12-10(8-11)9-6-4-3-5-7-9/h6H,2-5,7H2,1H3. The highest BCUT2D eigenvalue weighted by Crippen LogP contribution is 2.18. The predicted molar refractivity (Wildman–Crippen MR) is 60.1 cm³/mol. The van der Waals surface area contributed by atoms with Gasteiger partial charge in [-0.1, -0.05) is 11.2 Å². The monoisotopic (exact) mass is 242 g/mol. The molecular weight excluding hydrogens is 228 g/mol. The topological polar surface area (TPSA) is 79.5 Å².